The van der Waals surface area contributed by atoms with Gasteiger partial charge in [-0.15, -0.1) is 0 Å². The van der Waals surface area contributed by atoms with E-state index in [-0.39, 0.29) is 6.54 Å². The number of hydrogen-bond donors (Lipinski definition) is 3. The van der Waals surface area contributed by atoms with E-state index >= 15 is 0 Å². The number of hydrogen-bond acceptors (Lipinski definition) is 7. The summed E-state index contributed by atoms with van der Waals surface area (Å²) < 4.78 is 46.2. The van der Waals surface area contributed by atoms with Gasteiger partial charge < -0.3 is 9.72 Å². The zero-order valence-corrected chi connectivity index (χ0v) is 24.8. The van der Waals surface area contributed by atoms with Crippen molar-refractivity contribution < 1.29 is 17.5 Å². The number of H-pyrrole nitrogens is 2. The van der Waals surface area contributed by atoms with Crippen LogP contribution >= 0.6 is 0 Å². The van der Waals surface area contributed by atoms with Crippen LogP contribution in [0.1, 0.15) is 11.1 Å². The first-order valence-corrected chi connectivity index (χ1v) is 15.9. The third kappa shape index (κ3) is 6.14. The lowest BCUT2D eigenvalue weighted by Gasteiger charge is -2.08. The van der Waals surface area contributed by atoms with Crippen molar-refractivity contribution in [1.82, 2.24) is 34.9 Å². The van der Waals surface area contributed by atoms with Crippen LogP contribution in [0.15, 0.2) is 97.7 Å². The van der Waals surface area contributed by atoms with Crippen LogP contribution in [-0.4, -0.2) is 44.8 Å². The molecule has 2 aromatic carbocycles. The first-order valence-electron chi connectivity index (χ1n) is 14.0. The van der Waals surface area contributed by atoms with Crippen LogP contribution in [0, 0.1) is 5.82 Å². The fraction of sp³-hybridized carbons (Fsp3) is 0.0909. The smallest absolute Gasteiger partial charge is 0.209 e. The highest BCUT2D eigenvalue weighted by molar-refractivity contribution is 7.88. The number of aromatic amines is 2. The molecule has 0 aliphatic heterocycles. The highest BCUT2D eigenvalue weighted by atomic mass is 32.2. The molecule has 0 bridgehead atoms. The molecule has 0 unspecified atom stereocenters. The molecule has 5 aromatic heterocycles. The van der Waals surface area contributed by atoms with Crippen LogP contribution in [0.5, 0.6) is 5.75 Å². The van der Waals surface area contributed by atoms with Crippen LogP contribution in [-0.2, 0) is 23.2 Å². The van der Waals surface area contributed by atoms with Crippen molar-refractivity contribution in [3.8, 4) is 39.5 Å². The fourth-order valence-electron chi connectivity index (χ4n) is 5.19. The summed E-state index contributed by atoms with van der Waals surface area (Å²) in [4.78, 5) is 16.7. The van der Waals surface area contributed by atoms with Gasteiger partial charge in [0.25, 0.3) is 0 Å². The summed E-state index contributed by atoms with van der Waals surface area (Å²) >= 11 is 0. The summed E-state index contributed by atoms with van der Waals surface area (Å²) in [5, 5.41) is 9.28. The molecular weight excluding hydrogens is 593 g/mol. The van der Waals surface area contributed by atoms with Crippen molar-refractivity contribution in [2.45, 2.75) is 13.2 Å². The van der Waals surface area contributed by atoms with Crippen LogP contribution in [0.25, 0.3) is 55.6 Å². The zero-order chi connectivity index (χ0) is 31.0. The Morgan fingerprint density at radius 2 is 1.69 bits per heavy atom. The molecule has 224 valence electrons. The minimum atomic E-state index is -3.44. The van der Waals surface area contributed by atoms with Crippen LogP contribution in [0.4, 0.5) is 4.39 Å². The Hall–Kier alpha value is -5.46. The number of aromatic nitrogens is 6. The van der Waals surface area contributed by atoms with E-state index in [0.29, 0.717) is 40.4 Å². The zero-order valence-electron chi connectivity index (χ0n) is 24.0. The second kappa shape index (κ2) is 11.6. The average molecular weight is 620 g/mol. The van der Waals surface area contributed by atoms with E-state index in [1.807, 2.05) is 48.5 Å². The minimum Gasteiger partial charge on any atom is -0.487 e. The number of ether oxygens (including phenoxy) is 1. The molecule has 7 rings (SSSR count). The molecule has 5 heterocycles. The van der Waals surface area contributed by atoms with Gasteiger partial charge in [-0.05, 0) is 53.1 Å². The summed E-state index contributed by atoms with van der Waals surface area (Å²) in [7, 11) is -3.44. The summed E-state index contributed by atoms with van der Waals surface area (Å²) in [5.41, 5.74) is 7.22. The van der Waals surface area contributed by atoms with Crippen LogP contribution in [0.2, 0.25) is 0 Å². The van der Waals surface area contributed by atoms with Gasteiger partial charge in [0.2, 0.25) is 10.0 Å². The van der Waals surface area contributed by atoms with E-state index in [1.54, 1.807) is 37.1 Å². The maximum atomic E-state index is 14.6. The summed E-state index contributed by atoms with van der Waals surface area (Å²) in [6.45, 7) is 0.397. The normalized spacial score (nSPS) is 11.8. The van der Waals surface area contributed by atoms with Gasteiger partial charge in [-0.3, -0.25) is 20.1 Å². The van der Waals surface area contributed by atoms with Gasteiger partial charge in [-0.1, -0.05) is 30.3 Å². The number of rotatable bonds is 9. The topological polar surface area (TPSA) is 139 Å². The Kier molecular flexibility index (Phi) is 7.28. The van der Waals surface area contributed by atoms with Crippen molar-refractivity contribution in [2.24, 2.45) is 0 Å². The van der Waals surface area contributed by atoms with Crippen LogP contribution in [0.3, 0.4) is 0 Å². The molecule has 12 heteroatoms. The van der Waals surface area contributed by atoms with Crippen molar-refractivity contribution >= 4 is 31.8 Å². The lowest BCUT2D eigenvalue weighted by molar-refractivity contribution is 0.305. The molecule has 10 nitrogen and oxygen atoms in total. The van der Waals surface area contributed by atoms with Gasteiger partial charge in [0.05, 0.1) is 47.3 Å². The second-order valence-corrected chi connectivity index (χ2v) is 12.5. The number of sulfonamides is 1. The molecule has 0 saturated carbocycles. The number of fused-ring (bicyclic) bond motifs is 2. The molecular formula is C33H26FN7O3S. The second-order valence-electron chi connectivity index (χ2n) is 10.6. The van der Waals surface area contributed by atoms with Crippen molar-refractivity contribution in [3.05, 3.63) is 115 Å². The molecule has 45 heavy (non-hydrogen) atoms. The average Bonchev–Trinajstić information content (AvgIpc) is 3.67. The largest absolute Gasteiger partial charge is 0.487 e. The third-order valence-corrected chi connectivity index (χ3v) is 7.98. The first-order chi connectivity index (χ1) is 21.8. The molecule has 0 radical (unpaired) electrons. The Balaban J connectivity index is 1.22. The van der Waals surface area contributed by atoms with E-state index in [1.165, 1.54) is 12.1 Å². The molecule has 0 saturated heterocycles. The summed E-state index contributed by atoms with van der Waals surface area (Å²) in [5.74, 6) is 0.154. The Morgan fingerprint density at radius 3 is 2.53 bits per heavy atom. The number of halogens is 1. The maximum absolute atomic E-state index is 14.6. The molecule has 0 amide bonds. The van der Waals surface area contributed by atoms with Crippen molar-refractivity contribution in [2.75, 3.05) is 6.26 Å². The lowest BCUT2D eigenvalue weighted by Crippen LogP contribution is -2.21. The van der Waals surface area contributed by atoms with E-state index in [2.05, 4.69) is 34.9 Å². The Morgan fingerprint density at radius 1 is 0.844 bits per heavy atom. The maximum Gasteiger partial charge on any atom is 0.209 e. The van der Waals surface area contributed by atoms with Gasteiger partial charge >= 0.3 is 0 Å². The van der Waals surface area contributed by atoms with Gasteiger partial charge in [0, 0.05) is 40.8 Å². The summed E-state index contributed by atoms with van der Waals surface area (Å²) in [6, 6.07) is 20.2. The highest BCUT2D eigenvalue weighted by Gasteiger charge is 2.16. The van der Waals surface area contributed by atoms with E-state index in [0.717, 1.165) is 44.9 Å². The molecule has 0 fully saturated rings. The SMILES string of the molecule is CS(=O)(=O)NCc1cc(F)cc(-c2cncc3[nH]c(-c4n[nH]c5cnc(-c6cncc(OCc7ccccc7)c6)cc45)cc23)c1. The third-order valence-electron chi connectivity index (χ3n) is 7.31. The molecule has 0 atom stereocenters. The van der Waals surface area contributed by atoms with Crippen molar-refractivity contribution in [1.29, 1.82) is 0 Å². The van der Waals surface area contributed by atoms with Crippen molar-refractivity contribution in [3.63, 3.8) is 0 Å². The van der Waals surface area contributed by atoms with Gasteiger partial charge in [-0.2, -0.15) is 5.10 Å². The summed E-state index contributed by atoms with van der Waals surface area (Å²) in [6.07, 6.45) is 9.56. The predicted octanol–water partition coefficient (Wildman–Crippen LogP) is 6.00. The minimum absolute atomic E-state index is 0.0292. The number of nitrogens with zero attached hydrogens (tertiary/aromatic N) is 4. The fourth-order valence-corrected chi connectivity index (χ4v) is 5.62. The molecule has 0 aliphatic carbocycles. The number of nitrogens with one attached hydrogen (secondary N) is 3. The van der Waals surface area contributed by atoms with E-state index in [9.17, 15) is 12.8 Å². The van der Waals surface area contributed by atoms with Gasteiger partial charge in [-0.25, -0.2) is 17.5 Å². The van der Waals surface area contributed by atoms with E-state index < -0.39 is 15.8 Å². The molecule has 7 aromatic rings. The number of pyridine rings is 3. The Bertz CT molecular complexity index is 2290. The van der Waals surface area contributed by atoms with Crippen LogP contribution < -0.4 is 9.46 Å². The molecule has 3 N–H and O–H groups in total. The highest BCUT2D eigenvalue weighted by Crippen LogP contribution is 2.35. The van der Waals surface area contributed by atoms with Gasteiger partial charge in [0.1, 0.15) is 23.9 Å². The number of benzene rings is 2. The van der Waals surface area contributed by atoms with Gasteiger partial charge in [0.15, 0.2) is 0 Å². The lowest BCUT2D eigenvalue weighted by atomic mass is 10.0. The molecule has 0 spiro atoms. The molecule has 0 aliphatic rings. The predicted molar refractivity (Wildman–Crippen MR) is 170 cm³/mol. The monoisotopic (exact) mass is 619 g/mol. The Labute approximate surface area is 257 Å². The quantitative estimate of drug-likeness (QED) is 0.180. The first kappa shape index (κ1) is 28.3. The standard InChI is InChI=1S/C33H26FN7O3S/c1-45(42,43)38-13-21-7-22(9-24(34)8-21)28-16-36-17-31-26(28)11-30(39-31)33-27-12-29(37-18-32(27)40-41-33)23-10-25(15-35-14-23)44-19-20-5-3-2-4-6-20/h2-12,14-18,38-39H,13,19H2,1H3,(H,40,41). The van der Waals surface area contributed by atoms with E-state index in [4.69, 9.17) is 4.74 Å².